The highest BCUT2D eigenvalue weighted by molar-refractivity contribution is 5.91. The average molecular weight is 413 g/mol. The summed E-state index contributed by atoms with van der Waals surface area (Å²) in [5.41, 5.74) is 5.51. The number of allylic oxidation sites excluding steroid dienone is 1. The summed E-state index contributed by atoms with van der Waals surface area (Å²) < 4.78 is 7.23. The van der Waals surface area contributed by atoms with E-state index in [9.17, 15) is 15.4 Å². The molecule has 4 aromatic rings. The Morgan fingerprint density at radius 3 is 2.61 bits per heavy atom. The monoisotopic (exact) mass is 413 g/mol. The number of ether oxygens (including phenoxy) is 1. The Balaban J connectivity index is 1.75. The normalized spacial score (nSPS) is 11.5. The summed E-state index contributed by atoms with van der Waals surface area (Å²) in [5, 5.41) is 20.7. The minimum Gasteiger partial charge on any atom is -0.497 e. The molecule has 0 saturated carbocycles. The van der Waals surface area contributed by atoms with E-state index < -0.39 is 4.92 Å². The molecule has 31 heavy (non-hydrogen) atoms. The molecule has 0 atom stereocenters. The van der Waals surface area contributed by atoms with E-state index in [4.69, 9.17) is 4.74 Å². The van der Waals surface area contributed by atoms with Crippen LogP contribution in [0.5, 0.6) is 5.75 Å². The van der Waals surface area contributed by atoms with Crippen molar-refractivity contribution < 1.29 is 9.66 Å². The number of nitro benzene ring substituents is 1. The maximum Gasteiger partial charge on any atom is 0.269 e. The molecule has 0 spiro atoms. The Labute approximate surface area is 178 Å². The van der Waals surface area contributed by atoms with Crippen molar-refractivity contribution >= 4 is 28.4 Å². The van der Waals surface area contributed by atoms with Crippen LogP contribution in [0.15, 0.2) is 48.5 Å². The first-order chi connectivity index (χ1) is 14.9. The SMILES string of the molecule is COc1ccc2nc(/C(C#N)=C/c3cc(C)n(-c4ccc([N+](=O)[O-])cc4)c3C)[nH]c2c1. The molecule has 0 aliphatic rings. The van der Waals surface area contributed by atoms with E-state index in [2.05, 4.69) is 16.0 Å². The third-order valence-corrected chi connectivity index (χ3v) is 5.15. The Kier molecular flexibility index (Phi) is 5.01. The van der Waals surface area contributed by atoms with Crippen molar-refractivity contribution in [2.75, 3.05) is 7.11 Å². The van der Waals surface area contributed by atoms with Crippen molar-refractivity contribution in [3.63, 3.8) is 0 Å². The van der Waals surface area contributed by atoms with E-state index in [0.717, 1.165) is 33.7 Å². The summed E-state index contributed by atoms with van der Waals surface area (Å²) >= 11 is 0. The second-order valence-corrected chi connectivity index (χ2v) is 7.07. The lowest BCUT2D eigenvalue weighted by Crippen LogP contribution is -1.99. The van der Waals surface area contributed by atoms with E-state index >= 15 is 0 Å². The molecule has 8 nitrogen and oxygen atoms in total. The second kappa shape index (κ2) is 7.80. The average Bonchev–Trinajstić information content (AvgIpc) is 3.31. The molecule has 2 heterocycles. The van der Waals surface area contributed by atoms with E-state index in [1.807, 2.05) is 42.7 Å². The molecule has 0 aliphatic heterocycles. The van der Waals surface area contributed by atoms with Crippen LogP contribution in [0.4, 0.5) is 5.69 Å². The van der Waals surface area contributed by atoms with Gasteiger partial charge in [0.1, 0.15) is 17.6 Å². The number of benzene rings is 2. The minimum absolute atomic E-state index is 0.0413. The zero-order chi connectivity index (χ0) is 22.1. The van der Waals surface area contributed by atoms with Crippen LogP contribution in [0.3, 0.4) is 0 Å². The molecule has 0 radical (unpaired) electrons. The van der Waals surface area contributed by atoms with Crippen LogP contribution in [-0.4, -0.2) is 26.6 Å². The third kappa shape index (κ3) is 3.65. The molecule has 0 aliphatic carbocycles. The molecule has 0 unspecified atom stereocenters. The van der Waals surface area contributed by atoms with Gasteiger partial charge in [0, 0.05) is 35.3 Å². The van der Waals surface area contributed by atoms with Gasteiger partial charge in [-0.25, -0.2) is 4.98 Å². The van der Waals surface area contributed by atoms with Crippen molar-refractivity contribution in [1.29, 1.82) is 5.26 Å². The van der Waals surface area contributed by atoms with Crippen molar-refractivity contribution in [1.82, 2.24) is 14.5 Å². The predicted octanol–water partition coefficient (Wildman–Crippen LogP) is 4.95. The number of H-pyrrole nitrogens is 1. The van der Waals surface area contributed by atoms with Gasteiger partial charge in [-0.3, -0.25) is 10.1 Å². The van der Waals surface area contributed by atoms with E-state index in [-0.39, 0.29) is 5.69 Å². The first-order valence-electron chi connectivity index (χ1n) is 9.51. The fraction of sp³-hybridized carbons (Fsp3) is 0.130. The maximum absolute atomic E-state index is 10.9. The Hall–Kier alpha value is -4.38. The number of fused-ring (bicyclic) bond motifs is 1. The number of rotatable bonds is 5. The lowest BCUT2D eigenvalue weighted by molar-refractivity contribution is -0.384. The lowest BCUT2D eigenvalue weighted by atomic mass is 10.1. The van der Waals surface area contributed by atoms with Crippen LogP contribution in [0.25, 0.3) is 28.4 Å². The minimum atomic E-state index is -0.421. The highest BCUT2D eigenvalue weighted by Gasteiger charge is 2.14. The maximum atomic E-state index is 10.9. The van der Waals surface area contributed by atoms with Gasteiger partial charge in [-0.2, -0.15) is 5.26 Å². The van der Waals surface area contributed by atoms with Crippen LogP contribution < -0.4 is 4.74 Å². The largest absolute Gasteiger partial charge is 0.497 e. The highest BCUT2D eigenvalue weighted by atomic mass is 16.6. The van der Waals surface area contributed by atoms with Crippen LogP contribution in [0, 0.1) is 35.3 Å². The summed E-state index contributed by atoms with van der Waals surface area (Å²) in [6, 6.07) is 16.1. The van der Waals surface area contributed by atoms with Crippen molar-refractivity contribution in [3.05, 3.63) is 81.4 Å². The standard InChI is InChI=1S/C23H19N5O3/c1-14-10-16(15(2)27(14)18-4-6-19(7-5-18)28(29)30)11-17(13-24)23-25-21-9-8-20(31-3)12-22(21)26-23/h4-12H,1-3H3,(H,25,26)/b17-11+. The fourth-order valence-corrected chi connectivity index (χ4v) is 3.61. The summed E-state index contributed by atoms with van der Waals surface area (Å²) in [6.07, 6.45) is 1.79. The fourth-order valence-electron chi connectivity index (χ4n) is 3.61. The number of aromatic nitrogens is 3. The molecular formula is C23H19N5O3. The van der Waals surface area contributed by atoms with Gasteiger partial charge in [0.2, 0.25) is 0 Å². The van der Waals surface area contributed by atoms with Gasteiger partial charge in [-0.15, -0.1) is 0 Å². The molecule has 1 N–H and O–H groups in total. The Morgan fingerprint density at radius 2 is 1.97 bits per heavy atom. The number of hydrogen-bond acceptors (Lipinski definition) is 5. The molecule has 0 fully saturated rings. The zero-order valence-corrected chi connectivity index (χ0v) is 17.2. The summed E-state index contributed by atoms with van der Waals surface area (Å²) in [7, 11) is 1.60. The zero-order valence-electron chi connectivity index (χ0n) is 17.2. The first-order valence-corrected chi connectivity index (χ1v) is 9.51. The molecule has 2 aromatic heterocycles. The number of aromatic amines is 1. The van der Waals surface area contributed by atoms with Crippen molar-refractivity contribution in [3.8, 4) is 17.5 Å². The van der Waals surface area contributed by atoms with Crippen LogP contribution in [0.2, 0.25) is 0 Å². The van der Waals surface area contributed by atoms with E-state index in [1.54, 1.807) is 25.3 Å². The number of nitriles is 1. The van der Waals surface area contributed by atoms with E-state index in [0.29, 0.717) is 17.1 Å². The molecule has 4 rings (SSSR count). The van der Waals surface area contributed by atoms with Gasteiger partial charge >= 0.3 is 0 Å². The number of imidazole rings is 1. The molecule has 154 valence electrons. The number of nitrogens with zero attached hydrogens (tertiary/aromatic N) is 4. The van der Waals surface area contributed by atoms with Gasteiger partial charge in [-0.1, -0.05) is 0 Å². The quantitative estimate of drug-likeness (QED) is 0.283. The van der Waals surface area contributed by atoms with Crippen LogP contribution >= 0.6 is 0 Å². The van der Waals surface area contributed by atoms with Gasteiger partial charge in [0.25, 0.3) is 5.69 Å². The molecule has 2 aromatic carbocycles. The summed E-state index contributed by atoms with van der Waals surface area (Å²) in [5.74, 6) is 1.18. The van der Waals surface area contributed by atoms with Gasteiger partial charge in [0.15, 0.2) is 0 Å². The van der Waals surface area contributed by atoms with Crippen LogP contribution in [0.1, 0.15) is 22.8 Å². The topological polar surface area (TPSA) is 110 Å². The smallest absolute Gasteiger partial charge is 0.269 e. The predicted molar refractivity (Wildman–Crippen MR) is 118 cm³/mol. The first kappa shape index (κ1) is 19.9. The summed E-state index contributed by atoms with van der Waals surface area (Å²) in [4.78, 5) is 18.2. The number of nitrogens with one attached hydrogen (secondary N) is 1. The Bertz CT molecular complexity index is 1370. The van der Waals surface area contributed by atoms with Crippen molar-refractivity contribution in [2.45, 2.75) is 13.8 Å². The number of nitro groups is 1. The number of non-ortho nitro benzene ring substituents is 1. The second-order valence-electron chi connectivity index (χ2n) is 7.07. The molecule has 8 heteroatoms. The number of hydrogen-bond donors (Lipinski definition) is 1. The number of methoxy groups -OCH3 is 1. The molecule has 0 saturated heterocycles. The Morgan fingerprint density at radius 1 is 1.23 bits per heavy atom. The van der Waals surface area contributed by atoms with Crippen molar-refractivity contribution in [2.24, 2.45) is 0 Å². The number of aryl methyl sites for hydroxylation is 1. The van der Waals surface area contributed by atoms with Gasteiger partial charge in [-0.05, 0) is 55.8 Å². The highest BCUT2D eigenvalue weighted by Crippen LogP contribution is 2.27. The molecule has 0 amide bonds. The van der Waals surface area contributed by atoms with Gasteiger partial charge in [0.05, 0.1) is 28.6 Å². The molecule has 0 bridgehead atoms. The third-order valence-electron chi connectivity index (χ3n) is 5.15. The summed E-state index contributed by atoms with van der Waals surface area (Å²) in [6.45, 7) is 3.89. The molecular weight excluding hydrogens is 394 g/mol. The van der Waals surface area contributed by atoms with Gasteiger partial charge < -0.3 is 14.3 Å². The van der Waals surface area contributed by atoms with Crippen LogP contribution in [-0.2, 0) is 0 Å². The lowest BCUT2D eigenvalue weighted by Gasteiger charge is -2.09. The van der Waals surface area contributed by atoms with E-state index in [1.165, 1.54) is 12.1 Å².